The minimum absolute atomic E-state index is 0.142. The van der Waals surface area contributed by atoms with E-state index in [-0.39, 0.29) is 16.8 Å². The number of hydrogen-bond acceptors (Lipinski definition) is 7. The number of hydrogen-bond donors (Lipinski definition) is 0. The van der Waals surface area contributed by atoms with Crippen LogP contribution in [-0.4, -0.2) is 41.9 Å². The van der Waals surface area contributed by atoms with E-state index in [0.29, 0.717) is 5.56 Å². The van der Waals surface area contributed by atoms with E-state index in [9.17, 15) is 25.0 Å². The summed E-state index contributed by atoms with van der Waals surface area (Å²) >= 11 is 0. The van der Waals surface area contributed by atoms with Crippen LogP contribution < -0.4 is 0 Å². The molecule has 9 heteroatoms. The molecule has 0 radical (unpaired) electrons. The van der Waals surface area contributed by atoms with Crippen LogP contribution in [0.2, 0.25) is 0 Å². The molecule has 128 valence electrons. The molecule has 0 heterocycles. The molecule has 0 aliphatic carbocycles. The van der Waals surface area contributed by atoms with Gasteiger partial charge in [0.2, 0.25) is 0 Å². The van der Waals surface area contributed by atoms with Gasteiger partial charge in [-0.2, -0.15) is 0 Å². The van der Waals surface area contributed by atoms with E-state index in [1.807, 2.05) is 0 Å². The molecule has 0 N–H and O–H groups in total. The molecule has 1 aromatic carbocycles. The number of rotatable bonds is 6. The first-order chi connectivity index (χ1) is 11.2. The molecule has 0 fully saturated rings. The maximum absolute atomic E-state index is 11.6. The Morgan fingerprint density at radius 1 is 1.25 bits per heavy atom. The molecule has 0 spiro atoms. The number of carbonyl (C=O) groups is 1. The van der Waals surface area contributed by atoms with Crippen LogP contribution in [0, 0.1) is 27.2 Å². The van der Waals surface area contributed by atoms with Gasteiger partial charge in [0.25, 0.3) is 5.69 Å². The lowest BCUT2D eigenvalue weighted by molar-refractivity contribution is -0.421. The van der Waals surface area contributed by atoms with E-state index in [2.05, 4.69) is 4.74 Å². The summed E-state index contributed by atoms with van der Waals surface area (Å²) in [6, 6.07) is 4.48. The lowest BCUT2D eigenvalue weighted by atomic mass is 10.0. The SMILES string of the molecule is COC(=O)C(=CC(=CN(C)C)c1ccc(C)cc1[N+](=O)[O-])[N+](=O)[O-]. The number of nitrogens with zero attached hydrogens (tertiary/aromatic N) is 3. The number of esters is 1. The molecule has 24 heavy (non-hydrogen) atoms. The Bertz CT molecular complexity index is 737. The zero-order valence-electron chi connectivity index (χ0n) is 13.7. The van der Waals surface area contributed by atoms with Gasteiger partial charge in [-0.05, 0) is 18.6 Å². The number of benzene rings is 1. The van der Waals surface area contributed by atoms with Crippen molar-refractivity contribution in [3.63, 3.8) is 0 Å². The van der Waals surface area contributed by atoms with Gasteiger partial charge in [-0.25, -0.2) is 4.79 Å². The first-order valence-electron chi connectivity index (χ1n) is 6.75. The van der Waals surface area contributed by atoms with Crippen molar-refractivity contribution in [1.29, 1.82) is 0 Å². The predicted octanol–water partition coefficient (Wildman–Crippen LogP) is 2.14. The number of nitro groups is 2. The van der Waals surface area contributed by atoms with Crippen LogP contribution >= 0.6 is 0 Å². The highest BCUT2D eigenvalue weighted by Gasteiger charge is 2.25. The second-order valence-electron chi connectivity index (χ2n) is 5.10. The van der Waals surface area contributed by atoms with Crippen molar-refractivity contribution in [1.82, 2.24) is 4.90 Å². The Morgan fingerprint density at radius 2 is 1.88 bits per heavy atom. The largest absolute Gasteiger partial charge is 0.461 e. The second-order valence-corrected chi connectivity index (χ2v) is 5.10. The molecule has 1 aromatic rings. The topological polar surface area (TPSA) is 116 Å². The second kappa shape index (κ2) is 7.86. The van der Waals surface area contributed by atoms with Crippen LogP contribution in [0.15, 0.2) is 36.2 Å². The van der Waals surface area contributed by atoms with Crippen molar-refractivity contribution >= 4 is 17.2 Å². The Morgan fingerprint density at radius 3 is 2.33 bits per heavy atom. The molecule has 9 nitrogen and oxygen atoms in total. The van der Waals surface area contributed by atoms with Crippen molar-refractivity contribution in [2.24, 2.45) is 0 Å². The molecular formula is C15H17N3O6. The third kappa shape index (κ3) is 4.63. The van der Waals surface area contributed by atoms with Crippen LogP contribution in [-0.2, 0) is 9.53 Å². The fraction of sp³-hybridized carbons (Fsp3) is 0.267. The van der Waals surface area contributed by atoms with Gasteiger partial charge in [-0.3, -0.25) is 20.2 Å². The normalized spacial score (nSPS) is 11.8. The number of nitro benzene ring substituents is 1. The van der Waals surface area contributed by atoms with Gasteiger partial charge in [-0.1, -0.05) is 6.07 Å². The molecule has 0 aromatic heterocycles. The minimum atomic E-state index is -1.14. The summed E-state index contributed by atoms with van der Waals surface area (Å²) in [4.78, 5) is 34.0. The Labute approximate surface area is 138 Å². The summed E-state index contributed by atoms with van der Waals surface area (Å²) in [6.45, 7) is 1.69. The highest BCUT2D eigenvalue weighted by atomic mass is 16.6. The molecule has 0 saturated heterocycles. The molecule has 0 atom stereocenters. The summed E-state index contributed by atoms with van der Waals surface area (Å²) in [5.74, 6) is -1.14. The standard InChI is InChI=1S/C15H17N3O6/c1-10-5-6-12(13(7-10)17(20)21)11(9-16(2)3)8-14(18(22)23)15(19)24-4/h5-9H,1-4H3. The zero-order chi connectivity index (χ0) is 18.4. The average molecular weight is 335 g/mol. The molecule has 0 bridgehead atoms. The molecule has 0 saturated carbocycles. The fourth-order valence-corrected chi connectivity index (χ4v) is 1.94. The monoisotopic (exact) mass is 335 g/mol. The van der Waals surface area contributed by atoms with Gasteiger partial charge < -0.3 is 9.64 Å². The molecule has 1 rings (SSSR count). The first-order valence-corrected chi connectivity index (χ1v) is 6.75. The Kier molecular flexibility index (Phi) is 6.16. The molecule has 0 amide bonds. The van der Waals surface area contributed by atoms with E-state index < -0.39 is 21.5 Å². The van der Waals surface area contributed by atoms with Crippen LogP contribution in [0.25, 0.3) is 5.57 Å². The third-order valence-corrected chi connectivity index (χ3v) is 2.94. The first kappa shape index (κ1) is 18.8. The summed E-state index contributed by atoms with van der Waals surface area (Å²) in [5, 5.41) is 22.4. The average Bonchev–Trinajstić information content (AvgIpc) is 2.49. The minimum Gasteiger partial charge on any atom is -0.461 e. The summed E-state index contributed by atoms with van der Waals surface area (Å²) in [6.07, 6.45) is 2.41. The van der Waals surface area contributed by atoms with E-state index in [1.165, 1.54) is 18.3 Å². The molecule has 0 aliphatic heterocycles. The van der Waals surface area contributed by atoms with Crippen LogP contribution in [0.1, 0.15) is 11.1 Å². The van der Waals surface area contributed by atoms with E-state index in [0.717, 1.165) is 13.2 Å². The fourth-order valence-electron chi connectivity index (χ4n) is 1.94. The van der Waals surface area contributed by atoms with E-state index in [4.69, 9.17) is 0 Å². The van der Waals surface area contributed by atoms with E-state index in [1.54, 1.807) is 32.0 Å². The highest BCUT2D eigenvalue weighted by molar-refractivity contribution is 5.91. The van der Waals surface area contributed by atoms with Crippen LogP contribution in [0.3, 0.4) is 0 Å². The van der Waals surface area contributed by atoms with Crippen molar-refractivity contribution in [3.05, 3.63) is 67.5 Å². The maximum Gasteiger partial charge on any atom is 0.409 e. The number of allylic oxidation sites excluding steroid dienone is 2. The zero-order valence-corrected chi connectivity index (χ0v) is 13.7. The Balaban J connectivity index is 3.64. The third-order valence-electron chi connectivity index (χ3n) is 2.94. The number of aryl methyl sites for hydroxylation is 1. The van der Waals surface area contributed by atoms with Gasteiger partial charge in [0, 0.05) is 38.0 Å². The van der Waals surface area contributed by atoms with Gasteiger partial charge >= 0.3 is 11.7 Å². The lowest BCUT2D eigenvalue weighted by Gasteiger charge is -2.10. The number of methoxy groups -OCH3 is 1. The van der Waals surface area contributed by atoms with Gasteiger partial charge in [-0.15, -0.1) is 0 Å². The molecular weight excluding hydrogens is 318 g/mol. The van der Waals surface area contributed by atoms with Gasteiger partial charge in [0.1, 0.15) is 0 Å². The number of ether oxygens (including phenoxy) is 1. The smallest absolute Gasteiger partial charge is 0.409 e. The Hall–Kier alpha value is -3.23. The quantitative estimate of drug-likeness (QED) is 0.257. The van der Waals surface area contributed by atoms with Gasteiger partial charge in [0.15, 0.2) is 0 Å². The van der Waals surface area contributed by atoms with Gasteiger partial charge in [0.05, 0.1) is 22.5 Å². The maximum atomic E-state index is 11.6. The summed E-state index contributed by atoms with van der Waals surface area (Å²) < 4.78 is 4.39. The van der Waals surface area contributed by atoms with Crippen molar-refractivity contribution < 1.29 is 19.4 Å². The van der Waals surface area contributed by atoms with Crippen molar-refractivity contribution in [2.75, 3.05) is 21.2 Å². The molecule has 0 aliphatic rings. The van der Waals surface area contributed by atoms with Crippen molar-refractivity contribution in [3.8, 4) is 0 Å². The summed E-state index contributed by atoms with van der Waals surface area (Å²) in [5.41, 5.74) is -0.0696. The van der Waals surface area contributed by atoms with Crippen LogP contribution in [0.5, 0.6) is 0 Å². The van der Waals surface area contributed by atoms with Crippen LogP contribution in [0.4, 0.5) is 5.69 Å². The molecule has 0 unspecified atom stereocenters. The number of carbonyl (C=O) groups excluding carboxylic acids is 1. The van der Waals surface area contributed by atoms with E-state index >= 15 is 0 Å². The van der Waals surface area contributed by atoms with Crippen molar-refractivity contribution in [2.45, 2.75) is 6.92 Å². The predicted molar refractivity (Wildman–Crippen MR) is 86.6 cm³/mol. The lowest BCUT2D eigenvalue weighted by Crippen LogP contribution is -2.13. The summed E-state index contributed by atoms with van der Waals surface area (Å²) in [7, 11) is 4.32. The highest BCUT2D eigenvalue weighted by Crippen LogP contribution is 2.29.